The zero-order valence-electron chi connectivity index (χ0n) is 5.85. The maximum atomic E-state index is 5.53. The van der Waals surface area contributed by atoms with E-state index in [9.17, 15) is 0 Å². The lowest BCUT2D eigenvalue weighted by Crippen LogP contribution is -2.09. The number of aromatic nitrogens is 6. The van der Waals surface area contributed by atoms with Gasteiger partial charge in [0.15, 0.2) is 5.69 Å². The van der Waals surface area contributed by atoms with Gasteiger partial charge in [-0.15, -0.1) is 0 Å². The Hall–Kier alpha value is -1.70. The molecule has 0 spiro atoms. The van der Waals surface area contributed by atoms with Crippen LogP contribution >= 0.6 is 12.2 Å². The molecule has 2 heterocycles. The molecule has 2 aromatic rings. The molecule has 0 amide bonds. The van der Waals surface area contributed by atoms with E-state index in [-0.39, 0.29) is 0 Å². The van der Waals surface area contributed by atoms with Gasteiger partial charge in [-0.1, -0.05) is 0 Å². The second-order valence-electron chi connectivity index (χ2n) is 2.08. The normalized spacial score (nSPS) is 10.3. The van der Waals surface area contributed by atoms with Crippen LogP contribution in [0.5, 0.6) is 0 Å². The summed E-state index contributed by atoms with van der Waals surface area (Å²) in [6, 6.07) is 0. The zero-order valence-corrected chi connectivity index (χ0v) is 6.67. The van der Waals surface area contributed by atoms with Crippen LogP contribution in [0.15, 0.2) is 6.20 Å². The molecule has 0 aliphatic heterocycles. The Morgan fingerprint density at radius 2 is 2.33 bits per heavy atom. The molecule has 12 heavy (non-hydrogen) atoms. The van der Waals surface area contributed by atoms with Crippen molar-refractivity contribution in [1.29, 1.82) is 0 Å². The molecule has 62 valence electrons. The first-order valence-electron chi connectivity index (χ1n) is 3.07. The van der Waals surface area contributed by atoms with Gasteiger partial charge in [0.25, 0.3) is 0 Å². The predicted molar refractivity (Wildman–Crippen MR) is 42.9 cm³/mol. The van der Waals surface area contributed by atoms with Crippen molar-refractivity contribution in [3.63, 3.8) is 0 Å². The summed E-state index contributed by atoms with van der Waals surface area (Å²) in [6.07, 6.45) is 1.51. The van der Waals surface area contributed by atoms with Crippen LogP contribution in [-0.4, -0.2) is 30.3 Å². The molecule has 4 N–H and O–H groups in total. The van der Waals surface area contributed by atoms with Gasteiger partial charge in [0, 0.05) is 0 Å². The number of hydrogen-bond donors (Lipinski definition) is 3. The molecule has 2 aromatic heterocycles. The van der Waals surface area contributed by atoms with E-state index in [0.717, 1.165) is 0 Å². The summed E-state index contributed by atoms with van der Waals surface area (Å²) in [5.74, 6) is 5.98. The maximum Gasteiger partial charge on any atom is 0.214 e. The zero-order chi connectivity index (χ0) is 8.55. The Labute approximate surface area is 71.6 Å². The highest BCUT2D eigenvalue weighted by Gasteiger charge is 2.07. The van der Waals surface area contributed by atoms with Crippen molar-refractivity contribution in [3.8, 4) is 11.5 Å². The smallest absolute Gasteiger partial charge is 0.214 e. The minimum atomic E-state index is 0.341. The topological polar surface area (TPSA) is 101 Å². The quantitative estimate of drug-likeness (QED) is 0.406. The summed E-state index contributed by atoms with van der Waals surface area (Å²) in [6.45, 7) is 0. The van der Waals surface area contributed by atoms with Crippen LogP contribution in [0.3, 0.4) is 0 Å². The molecule has 0 aromatic carbocycles. The van der Waals surface area contributed by atoms with Crippen LogP contribution in [0, 0.1) is 4.77 Å². The monoisotopic (exact) mass is 183 g/mol. The van der Waals surface area contributed by atoms with Crippen molar-refractivity contribution in [2.45, 2.75) is 0 Å². The van der Waals surface area contributed by atoms with E-state index < -0.39 is 0 Å². The molecule has 0 fully saturated rings. The molecular weight excluding hydrogens is 178 g/mol. The molecule has 0 saturated carbocycles. The summed E-state index contributed by atoms with van der Waals surface area (Å²) in [7, 11) is 0. The van der Waals surface area contributed by atoms with E-state index in [1.165, 1.54) is 10.9 Å². The van der Waals surface area contributed by atoms with E-state index >= 15 is 0 Å². The molecule has 0 atom stereocenters. The fourth-order valence-corrected chi connectivity index (χ4v) is 0.927. The van der Waals surface area contributed by atoms with Crippen LogP contribution in [0.2, 0.25) is 0 Å². The Morgan fingerprint density at radius 1 is 1.50 bits per heavy atom. The Balaban J connectivity index is 2.62. The molecule has 0 aliphatic rings. The minimum Gasteiger partial charge on any atom is -0.335 e. The van der Waals surface area contributed by atoms with Crippen molar-refractivity contribution in [1.82, 2.24) is 30.3 Å². The first-order chi connectivity index (χ1) is 5.79. The third kappa shape index (κ3) is 0.889. The summed E-state index contributed by atoms with van der Waals surface area (Å²) < 4.78 is 1.57. The second-order valence-corrected chi connectivity index (χ2v) is 2.46. The SMILES string of the molecule is Nn1c(-c2cn[nH]n2)n[nH]c1=S. The van der Waals surface area contributed by atoms with Crippen LogP contribution in [0.25, 0.3) is 11.5 Å². The molecule has 0 aliphatic carbocycles. The van der Waals surface area contributed by atoms with Crippen LogP contribution in [-0.2, 0) is 0 Å². The van der Waals surface area contributed by atoms with Crippen molar-refractivity contribution in [3.05, 3.63) is 11.0 Å². The molecule has 0 saturated heterocycles. The van der Waals surface area contributed by atoms with Gasteiger partial charge in [0.1, 0.15) is 0 Å². The lowest BCUT2D eigenvalue weighted by molar-refractivity contribution is 0.929. The van der Waals surface area contributed by atoms with E-state index in [1.54, 1.807) is 0 Å². The van der Waals surface area contributed by atoms with Gasteiger partial charge >= 0.3 is 0 Å². The molecule has 7 nitrogen and oxygen atoms in total. The summed E-state index contributed by atoms with van der Waals surface area (Å²) in [5.41, 5.74) is 0.546. The fourth-order valence-electron chi connectivity index (χ4n) is 0.795. The number of rotatable bonds is 1. The van der Waals surface area contributed by atoms with Crippen LogP contribution in [0.1, 0.15) is 0 Å². The lowest BCUT2D eigenvalue weighted by Gasteiger charge is -1.92. The summed E-state index contributed by atoms with van der Waals surface area (Å²) in [4.78, 5) is 0. The van der Waals surface area contributed by atoms with E-state index in [1.807, 2.05) is 0 Å². The molecule has 2 rings (SSSR count). The maximum absolute atomic E-state index is 5.53. The number of aromatic amines is 2. The van der Waals surface area contributed by atoms with Gasteiger partial charge < -0.3 is 5.84 Å². The number of nitrogens with two attached hydrogens (primary N) is 1. The Morgan fingerprint density at radius 3 is 2.83 bits per heavy atom. The number of nitrogens with one attached hydrogen (secondary N) is 2. The van der Waals surface area contributed by atoms with E-state index in [0.29, 0.717) is 16.3 Å². The van der Waals surface area contributed by atoms with E-state index in [4.69, 9.17) is 18.1 Å². The first-order valence-corrected chi connectivity index (χ1v) is 3.48. The molecule has 0 radical (unpaired) electrons. The number of H-pyrrole nitrogens is 2. The highest BCUT2D eigenvalue weighted by Crippen LogP contribution is 2.08. The van der Waals surface area contributed by atoms with Gasteiger partial charge in [-0.25, -0.2) is 9.77 Å². The summed E-state index contributed by atoms with van der Waals surface area (Å²) >= 11 is 4.81. The largest absolute Gasteiger partial charge is 0.335 e. The Kier molecular flexibility index (Phi) is 1.40. The minimum absolute atomic E-state index is 0.341. The van der Waals surface area contributed by atoms with Crippen LogP contribution in [0.4, 0.5) is 0 Å². The third-order valence-corrected chi connectivity index (χ3v) is 1.64. The van der Waals surface area contributed by atoms with Crippen LogP contribution < -0.4 is 5.84 Å². The first kappa shape index (κ1) is 6.98. The van der Waals surface area contributed by atoms with Gasteiger partial charge in [-0.05, 0) is 12.2 Å². The van der Waals surface area contributed by atoms with Gasteiger partial charge in [-0.3, -0.25) is 0 Å². The van der Waals surface area contributed by atoms with Crippen molar-refractivity contribution in [2.24, 2.45) is 0 Å². The predicted octanol–water partition coefficient (Wildman–Crippen LogP) is -0.560. The average molecular weight is 183 g/mol. The standard InChI is InChI=1S/C4H5N7S/c5-11-3(8-9-4(11)12)2-1-6-10-7-2/h1H,5H2,(H,9,12)(H,6,7,10). The van der Waals surface area contributed by atoms with Crippen molar-refractivity contribution < 1.29 is 0 Å². The Bertz CT molecular complexity index is 422. The van der Waals surface area contributed by atoms with Crippen molar-refractivity contribution >= 4 is 12.2 Å². The average Bonchev–Trinajstić information content (AvgIpc) is 2.64. The molecule has 0 unspecified atom stereocenters. The second kappa shape index (κ2) is 2.41. The number of hydrogen-bond acceptors (Lipinski definition) is 5. The van der Waals surface area contributed by atoms with Gasteiger partial charge in [0.05, 0.1) is 6.20 Å². The molecular formula is C4H5N7S. The highest BCUT2D eigenvalue weighted by molar-refractivity contribution is 7.71. The lowest BCUT2D eigenvalue weighted by atomic mass is 10.5. The summed E-state index contributed by atoms with van der Waals surface area (Å²) in [5, 5.41) is 16.2. The van der Waals surface area contributed by atoms with Crippen molar-refractivity contribution in [2.75, 3.05) is 5.84 Å². The van der Waals surface area contributed by atoms with E-state index in [2.05, 4.69) is 25.6 Å². The number of nitrogen functional groups attached to an aromatic ring is 1. The fraction of sp³-hybridized carbons (Fsp3) is 0. The third-order valence-electron chi connectivity index (χ3n) is 1.35. The number of nitrogens with zero attached hydrogens (tertiary/aromatic N) is 4. The van der Waals surface area contributed by atoms with Gasteiger partial charge in [-0.2, -0.15) is 20.5 Å². The molecule has 0 bridgehead atoms. The van der Waals surface area contributed by atoms with Gasteiger partial charge in [0.2, 0.25) is 10.6 Å². The highest BCUT2D eigenvalue weighted by atomic mass is 32.1. The molecule has 8 heteroatoms.